The van der Waals surface area contributed by atoms with Crippen molar-refractivity contribution in [1.29, 1.82) is 0 Å². The number of amides is 4. The van der Waals surface area contributed by atoms with E-state index in [9.17, 15) is 32.7 Å². The van der Waals surface area contributed by atoms with Crippen molar-refractivity contribution in [3.63, 3.8) is 0 Å². The Morgan fingerprint density at radius 1 is 1.02 bits per heavy atom. The van der Waals surface area contributed by atoms with Crippen LogP contribution in [-0.4, -0.2) is 50.2 Å². The number of para-hydroxylation sites is 1. The van der Waals surface area contributed by atoms with Crippen LogP contribution in [0.4, 0.5) is 19.0 Å². The van der Waals surface area contributed by atoms with Crippen molar-refractivity contribution in [2.75, 3.05) is 12.0 Å². The Hall–Kier alpha value is -4.92. The first-order valence-corrected chi connectivity index (χ1v) is 19.1. The van der Waals surface area contributed by atoms with Crippen molar-refractivity contribution in [3.05, 3.63) is 116 Å². The molecule has 16 heteroatoms. The van der Waals surface area contributed by atoms with E-state index in [4.69, 9.17) is 27.9 Å². The monoisotopic (exact) mass is 810 g/mol. The Morgan fingerprint density at radius 2 is 1.78 bits per heavy atom. The third-order valence-electron chi connectivity index (χ3n) is 11.2. The number of halogens is 5. The maximum atomic E-state index is 15.3. The molecule has 4 aromatic rings. The second-order valence-corrected chi connectivity index (χ2v) is 15.8. The Bertz CT molecular complexity index is 2270. The number of phenols is 1. The molecule has 6 atom stereocenters. The first-order valence-electron chi connectivity index (χ1n) is 17.4. The summed E-state index contributed by atoms with van der Waals surface area (Å²) in [6, 6.07) is 15.5. The molecule has 2 aliphatic heterocycles. The fourth-order valence-corrected chi connectivity index (χ4v) is 9.98. The van der Waals surface area contributed by atoms with Gasteiger partial charge in [0.2, 0.25) is 11.8 Å². The summed E-state index contributed by atoms with van der Waals surface area (Å²) in [6.45, 7) is 2.04. The zero-order valence-corrected chi connectivity index (χ0v) is 31.2. The molecule has 4 aliphatic rings. The maximum Gasteiger partial charge on any atom is 0.417 e. The van der Waals surface area contributed by atoms with Crippen molar-refractivity contribution in [1.82, 2.24) is 14.9 Å². The highest BCUT2D eigenvalue weighted by Gasteiger charge is 2.70. The van der Waals surface area contributed by atoms with E-state index in [0.717, 1.165) is 4.88 Å². The van der Waals surface area contributed by atoms with Crippen LogP contribution in [0.2, 0.25) is 10.0 Å². The van der Waals surface area contributed by atoms with Gasteiger partial charge < -0.3 is 9.84 Å². The largest absolute Gasteiger partial charge is 0.504 e. The zero-order valence-electron chi connectivity index (χ0n) is 28.8. The van der Waals surface area contributed by atoms with E-state index in [1.165, 1.54) is 16.2 Å². The number of nitrogens with zero attached hydrogens (tertiary/aromatic N) is 3. The number of imide groups is 2. The second kappa shape index (κ2) is 13.7. The number of benzene rings is 2. The predicted octanol–water partition coefficient (Wildman–Crippen LogP) is 7.76. The Kier molecular flexibility index (Phi) is 9.21. The standard InChI is InChI=1S/C39H31Cl2F3N4O6S/c1-2-54-29-7-3-6-25(32(29)49)31-23-12-13-24-30(36(52)47(34(24)50)18-22-5-4-14-55-22)26(23)16-27-35(51)48(37(53)38(27,31)19-8-10-21(40)11-9-19)46-33-28(41)15-20(17-45-33)39(42,43)44/h3-12,14-15,17,24,26-27,30-31,49H,2,13,16,18H2,1H3,(H,45,46). The highest BCUT2D eigenvalue weighted by Crippen LogP contribution is 2.65. The molecule has 4 amide bonds. The minimum absolute atomic E-state index is 0.0547. The molecule has 2 aromatic carbocycles. The summed E-state index contributed by atoms with van der Waals surface area (Å²) in [6.07, 6.45) is -2.26. The van der Waals surface area contributed by atoms with E-state index < -0.39 is 69.5 Å². The average molecular weight is 812 g/mol. The number of allylic oxidation sites excluding steroid dienone is 2. The minimum Gasteiger partial charge on any atom is -0.504 e. The third-order valence-corrected chi connectivity index (χ3v) is 12.6. The number of nitrogens with one attached hydrogen (secondary N) is 1. The molecule has 10 nitrogen and oxygen atoms in total. The first-order chi connectivity index (χ1) is 26.3. The number of phenolic OH excluding ortho intramolecular Hbond substituents is 1. The lowest BCUT2D eigenvalue weighted by molar-refractivity contribution is -0.142. The molecule has 2 aliphatic carbocycles. The van der Waals surface area contributed by atoms with E-state index >= 15 is 4.79 Å². The minimum atomic E-state index is -4.76. The van der Waals surface area contributed by atoms with Crippen LogP contribution in [0.15, 0.2) is 83.9 Å². The van der Waals surface area contributed by atoms with Gasteiger partial charge in [-0.15, -0.1) is 11.3 Å². The summed E-state index contributed by atoms with van der Waals surface area (Å²) in [5.74, 6) is -7.46. The van der Waals surface area contributed by atoms with E-state index in [1.54, 1.807) is 49.4 Å². The number of carbonyl (C=O) groups excluding carboxylic acids is 4. The number of thiophene rings is 1. The van der Waals surface area contributed by atoms with Crippen LogP contribution in [0.25, 0.3) is 0 Å². The summed E-state index contributed by atoms with van der Waals surface area (Å²) < 4.78 is 46.2. The summed E-state index contributed by atoms with van der Waals surface area (Å²) in [7, 11) is 0. The number of hydrogen-bond donors (Lipinski definition) is 2. The molecule has 3 fully saturated rings. The van der Waals surface area contributed by atoms with Crippen LogP contribution in [0.5, 0.6) is 11.5 Å². The quantitative estimate of drug-likeness (QED) is 0.137. The van der Waals surface area contributed by atoms with Crippen molar-refractivity contribution in [2.45, 2.75) is 43.8 Å². The van der Waals surface area contributed by atoms with Crippen LogP contribution >= 0.6 is 34.5 Å². The zero-order chi connectivity index (χ0) is 39.0. The number of ether oxygens (including phenoxy) is 1. The van der Waals surface area contributed by atoms with Crippen LogP contribution in [0.3, 0.4) is 0 Å². The van der Waals surface area contributed by atoms with E-state index in [0.29, 0.717) is 33.4 Å². The van der Waals surface area contributed by atoms with Gasteiger partial charge in [-0.1, -0.05) is 65.2 Å². The Morgan fingerprint density at radius 3 is 2.45 bits per heavy atom. The number of alkyl halides is 3. The number of aromatic hydroxyl groups is 1. The highest BCUT2D eigenvalue weighted by molar-refractivity contribution is 7.09. The van der Waals surface area contributed by atoms with Crippen molar-refractivity contribution in [2.24, 2.45) is 23.7 Å². The maximum absolute atomic E-state index is 15.3. The number of hydrazine groups is 1. The summed E-state index contributed by atoms with van der Waals surface area (Å²) >= 11 is 14.0. The second-order valence-electron chi connectivity index (χ2n) is 13.9. The van der Waals surface area contributed by atoms with Gasteiger partial charge in [0.25, 0.3) is 11.8 Å². The summed E-state index contributed by atoms with van der Waals surface area (Å²) in [5.41, 5.74) is 0.844. The fourth-order valence-electron chi connectivity index (χ4n) is 8.95. The predicted molar refractivity (Wildman–Crippen MR) is 196 cm³/mol. The summed E-state index contributed by atoms with van der Waals surface area (Å²) in [4.78, 5) is 64.4. The molecule has 1 saturated carbocycles. The summed E-state index contributed by atoms with van der Waals surface area (Å²) in [5, 5.41) is 14.3. The topological polar surface area (TPSA) is 129 Å². The Labute approximate surface area is 326 Å². The molecule has 8 rings (SSSR count). The number of anilines is 1. The van der Waals surface area contributed by atoms with Gasteiger partial charge in [-0.2, -0.15) is 18.2 Å². The van der Waals surface area contributed by atoms with Gasteiger partial charge in [0, 0.05) is 27.6 Å². The van der Waals surface area contributed by atoms with Crippen LogP contribution in [0, 0.1) is 23.7 Å². The number of hydrogen-bond acceptors (Lipinski definition) is 9. The van der Waals surface area contributed by atoms with Crippen LogP contribution < -0.4 is 10.2 Å². The van der Waals surface area contributed by atoms with E-state index in [1.807, 2.05) is 23.6 Å². The van der Waals surface area contributed by atoms with E-state index in [-0.39, 0.29) is 54.8 Å². The number of aromatic nitrogens is 1. The molecular formula is C39H31Cl2F3N4O6S. The van der Waals surface area contributed by atoms with Gasteiger partial charge in [-0.05, 0) is 67.0 Å². The molecule has 2 aromatic heterocycles. The average Bonchev–Trinajstić information content (AvgIpc) is 3.81. The van der Waals surface area contributed by atoms with Gasteiger partial charge in [0.05, 0.1) is 46.9 Å². The normalized spacial score (nSPS) is 26.1. The number of pyridine rings is 1. The SMILES string of the molecule is CCOc1cccc(C2C3=CCC4C(=O)N(Cc5cccs5)C(=O)C4C3CC3C(=O)N(Nc4ncc(C(F)(F)F)cc4Cl)C(=O)C32c2ccc(Cl)cc2)c1O. The van der Waals surface area contributed by atoms with Gasteiger partial charge >= 0.3 is 6.18 Å². The smallest absolute Gasteiger partial charge is 0.417 e. The lowest BCUT2D eigenvalue weighted by atomic mass is 9.49. The number of carbonyl (C=O) groups is 4. The molecule has 6 unspecified atom stereocenters. The fraction of sp³-hybridized carbons (Fsp3) is 0.308. The van der Waals surface area contributed by atoms with Gasteiger partial charge in [0.15, 0.2) is 17.3 Å². The van der Waals surface area contributed by atoms with Gasteiger partial charge in [0.1, 0.15) is 0 Å². The van der Waals surface area contributed by atoms with Crippen LogP contribution in [-0.2, 0) is 37.3 Å². The number of likely N-dealkylation sites (tertiary alicyclic amines) is 1. The van der Waals surface area contributed by atoms with Crippen molar-refractivity contribution >= 4 is 64.0 Å². The lowest BCUT2D eigenvalue weighted by Crippen LogP contribution is -2.53. The molecule has 0 bridgehead atoms. The van der Waals surface area contributed by atoms with Crippen molar-refractivity contribution in [3.8, 4) is 11.5 Å². The molecule has 284 valence electrons. The molecule has 55 heavy (non-hydrogen) atoms. The lowest BCUT2D eigenvalue weighted by Gasteiger charge is -2.50. The number of fused-ring (bicyclic) bond motifs is 4. The van der Waals surface area contributed by atoms with E-state index in [2.05, 4.69) is 10.4 Å². The van der Waals surface area contributed by atoms with Gasteiger partial charge in [-0.3, -0.25) is 29.5 Å². The molecular weight excluding hydrogens is 780 g/mol. The first kappa shape index (κ1) is 37.0. The molecule has 0 spiro atoms. The molecule has 2 N–H and O–H groups in total. The highest BCUT2D eigenvalue weighted by atomic mass is 35.5. The molecule has 0 radical (unpaired) electrons. The molecule has 4 heterocycles. The van der Waals surface area contributed by atoms with Crippen LogP contribution in [0.1, 0.15) is 47.3 Å². The molecule has 2 saturated heterocycles. The number of rotatable bonds is 8. The third kappa shape index (κ3) is 5.79. The van der Waals surface area contributed by atoms with Gasteiger partial charge in [-0.25, -0.2) is 4.98 Å². The Balaban J connectivity index is 1.32. The van der Waals surface area contributed by atoms with Crippen molar-refractivity contribution < 1.29 is 42.2 Å².